The third kappa shape index (κ3) is 2.37. The van der Waals surface area contributed by atoms with Gasteiger partial charge in [0.05, 0.1) is 0 Å². The van der Waals surface area contributed by atoms with Crippen LogP contribution in [0.2, 0.25) is 0 Å². The normalized spacial score (nSPS) is 29.6. The minimum atomic E-state index is 0.462. The molecule has 1 heterocycles. The van der Waals surface area contributed by atoms with Gasteiger partial charge in [0, 0.05) is 19.3 Å². The van der Waals surface area contributed by atoms with E-state index in [-0.39, 0.29) is 0 Å². The quantitative estimate of drug-likeness (QED) is 0.567. The van der Waals surface area contributed by atoms with Gasteiger partial charge in [0.25, 0.3) is 0 Å². The Hall–Kier alpha value is -0.330. The van der Waals surface area contributed by atoms with Crippen molar-refractivity contribution in [1.29, 1.82) is 0 Å². The molecule has 0 saturated heterocycles. The van der Waals surface area contributed by atoms with Gasteiger partial charge < -0.3 is 0 Å². The second-order valence-electron chi connectivity index (χ2n) is 5.96. The molecule has 1 aliphatic rings. The average Bonchev–Trinajstić information content (AvgIpc) is 2.07. The van der Waals surface area contributed by atoms with Crippen LogP contribution < -0.4 is 0 Å². The van der Waals surface area contributed by atoms with Crippen molar-refractivity contribution >= 4 is 5.71 Å². The van der Waals surface area contributed by atoms with E-state index in [4.69, 9.17) is 0 Å². The molecule has 1 aliphatic heterocycles. The molecule has 14 heavy (non-hydrogen) atoms. The lowest BCUT2D eigenvalue weighted by Gasteiger charge is -2.38. The Morgan fingerprint density at radius 2 is 1.93 bits per heavy atom. The van der Waals surface area contributed by atoms with Crippen LogP contribution in [0.5, 0.6) is 0 Å². The van der Waals surface area contributed by atoms with Crippen molar-refractivity contribution in [1.82, 2.24) is 0 Å². The second-order valence-corrected chi connectivity index (χ2v) is 5.96. The molecule has 0 aromatic rings. The first-order valence-corrected chi connectivity index (χ1v) is 5.89. The molecule has 0 spiro atoms. The van der Waals surface area contributed by atoms with E-state index >= 15 is 0 Å². The minimum Gasteiger partial charge on any atom is -0.240 e. The molecule has 1 rings (SSSR count). The fraction of sp³-hybridized carbons (Fsp3) is 0.923. The summed E-state index contributed by atoms with van der Waals surface area (Å²) in [5, 5.41) is 0. The molecule has 0 amide bonds. The molecule has 0 aromatic heterocycles. The van der Waals surface area contributed by atoms with Crippen molar-refractivity contribution in [3.05, 3.63) is 0 Å². The first-order chi connectivity index (χ1) is 6.36. The van der Waals surface area contributed by atoms with E-state index in [0.717, 1.165) is 11.8 Å². The smallest absolute Gasteiger partial charge is 0.149 e. The van der Waals surface area contributed by atoms with Crippen LogP contribution in [0.25, 0.3) is 0 Å². The summed E-state index contributed by atoms with van der Waals surface area (Å²) >= 11 is 0. The van der Waals surface area contributed by atoms with E-state index in [9.17, 15) is 0 Å². The van der Waals surface area contributed by atoms with Crippen LogP contribution in [0.15, 0.2) is 0 Å². The zero-order valence-corrected chi connectivity index (χ0v) is 10.7. The maximum atomic E-state index is 2.44. The second kappa shape index (κ2) is 4.04. The lowest BCUT2D eigenvalue weighted by molar-refractivity contribution is -0.515. The van der Waals surface area contributed by atoms with Crippen LogP contribution in [0.3, 0.4) is 0 Å². The lowest BCUT2D eigenvalue weighted by Crippen LogP contribution is -2.40. The van der Waals surface area contributed by atoms with Crippen LogP contribution >= 0.6 is 0 Å². The molecule has 0 fully saturated rings. The number of nitrogens with zero attached hydrogens (tertiary/aromatic N) is 1. The standard InChI is InChI=1S/C13H26N/c1-7-11-9-14(6)10(2)8-12(11)13(3,4)5/h11-12H,7-9H2,1-6H3/q+1. The highest BCUT2D eigenvalue weighted by molar-refractivity contribution is 5.77. The Bertz CT molecular complexity index is 232. The van der Waals surface area contributed by atoms with Crippen LogP contribution in [-0.4, -0.2) is 23.9 Å². The van der Waals surface area contributed by atoms with Crippen LogP contribution in [0.1, 0.15) is 47.5 Å². The average molecular weight is 196 g/mol. The Morgan fingerprint density at radius 1 is 1.36 bits per heavy atom. The van der Waals surface area contributed by atoms with E-state index in [0.29, 0.717) is 5.41 Å². The van der Waals surface area contributed by atoms with Crippen molar-refractivity contribution in [3.8, 4) is 0 Å². The Labute approximate surface area is 89.2 Å². The summed E-state index contributed by atoms with van der Waals surface area (Å²) in [7, 11) is 2.23. The van der Waals surface area contributed by atoms with Crippen molar-refractivity contribution in [2.24, 2.45) is 17.3 Å². The van der Waals surface area contributed by atoms with E-state index in [1.807, 2.05) is 0 Å². The minimum absolute atomic E-state index is 0.462. The Morgan fingerprint density at radius 3 is 2.36 bits per heavy atom. The molecule has 0 aromatic carbocycles. The molecule has 0 aliphatic carbocycles. The molecular formula is C13H26N+. The number of hydrogen-bond acceptors (Lipinski definition) is 0. The highest BCUT2D eigenvalue weighted by atomic mass is 15.0. The third-order valence-electron chi connectivity index (χ3n) is 3.88. The van der Waals surface area contributed by atoms with Gasteiger partial charge in [0.15, 0.2) is 0 Å². The summed E-state index contributed by atoms with van der Waals surface area (Å²) in [5.41, 5.74) is 2.03. The molecule has 0 saturated carbocycles. The molecule has 2 unspecified atom stereocenters. The monoisotopic (exact) mass is 196 g/mol. The van der Waals surface area contributed by atoms with Crippen molar-refractivity contribution in [3.63, 3.8) is 0 Å². The summed E-state index contributed by atoms with van der Waals surface area (Å²) in [4.78, 5) is 0. The zero-order chi connectivity index (χ0) is 10.9. The van der Waals surface area contributed by atoms with Gasteiger partial charge >= 0.3 is 0 Å². The maximum Gasteiger partial charge on any atom is 0.149 e. The first kappa shape index (κ1) is 11.7. The third-order valence-corrected chi connectivity index (χ3v) is 3.88. The molecule has 0 N–H and O–H groups in total. The predicted octanol–water partition coefficient (Wildman–Crippen LogP) is 3.18. The molecular weight excluding hydrogens is 170 g/mol. The van der Waals surface area contributed by atoms with E-state index in [1.165, 1.54) is 19.4 Å². The summed E-state index contributed by atoms with van der Waals surface area (Å²) < 4.78 is 2.44. The predicted molar refractivity (Wildman–Crippen MR) is 63.1 cm³/mol. The molecule has 1 nitrogen and oxygen atoms in total. The van der Waals surface area contributed by atoms with Gasteiger partial charge in [0.1, 0.15) is 19.3 Å². The van der Waals surface area contributed by atoms with Crippen molar-refractivity contribution in [2.45, 2.75) is 47.5 Å². The van der Waals surface area contributed by atoms with Gasteiger partial charge in [-0.25, -0.2) is 4.58 Å². The largest absolute Gasteiger partial charge is 0.240 e. The Balaban J connectivity index is 2.87. The van der Waals surface area contributed by atoms with Crippen molar-refractivity contribution in [2.75, 3.05) is 13.6 Å². The van der Waals surface area contributed by atoms with Gasteiger partial charge in [-0.1, -0.05) is 27.7 Å². The first-order valence-electron chi connectivity index (χ1n) is 5.89. The van der Waals surface area contributed by atoms with E-state index in [1.54, 1.807) is 5.71 Å². The van der Waals surface area contributed by atoms with Crippen LogP contribution in [0, 0.1) is 17.3 Å². The summed E-state index contributed by atoms with van der Waals surface area (Å²) in [6.45, 7) is 13.0. The fourth-order valence-electron chi connectivity index (χ4n) is 2.70. The SMILES string of the molecule is CCC1C[N+](C)=C(C)CC1C(C)(C)C. The maximum absolute atomic E-state index is 2.44. The van der Waals surface area contributed by atoms with Crippen LogP contribution in [-0.2, 0) is 0 Å². The topological polar surface area (TPSA) is 3.01 Å². The van der Waals surface area contributed by atoms with Gasteiger partial charge in [-0.15, -0.1) is 0 Å². The van der Waals surface area contributed by atoms with Gasteiger partial charge in [0.2, 0.25) is 0 Å². The number of hydrogen-bond donors (Lipinski definition) is 0. The number of rotatable bonds is 1. The highest BCUT2D eigenvalue weighted by Crippen LogP contribution is 2.38. The van der Waals surface area contributed by atoms with Crippen molar-refractivity contribution < 1.29 is 4.58 Å². The highest BCUT2D eigenvalue weighted by Gasteiger charge is 2.37. The van der Waals surface area contributed by atoms with E-state index < -0.39 is 0 Å². The molecule has 0 bridgehead atoms. The summed E-state index contributed by atoms with van der Waals surface area (Å²) in [6, 6.07) is 0. The molecule has 2 atom stereocenters. The molecule has 0 radical (unpaired) electrons. The Kier molecular flexibility index (Phi) is 3.39. The fourth-order valence-corrected chi connectivity index (χ4v) is 2.70. The zero-order valence-electron chi connectivity index (χ0n) is 10.7. The van der Waals surface area contributed by atoms with E-state index in [2.05, 4.69) is 46.2 Å². The van der Waals surface area contributed by atoms with Gasteiger partial charge in [-0.3, -0.25) is 0 Å². The van der Waals surface area contributed by atoms with Gasteiger partial charge in [-0.05, 0) is 17.8 Å². The lowest BCUT2D eigenvalue weighted by atomic mass is 9.68. The van der Waals surface area contributed by atoms with Gasteiger partial charge in [-0.2, -0.15) is 0 Å². The summed E-state index contributed by atoms with van der Waals surface area (Å²) in [5.74, 6) is 1.74. The van der Waals surface area contributed by atoms with Crippen LogP contribution in [0.4, 0.5) is 0 Å². The summed E-state index contributed by atoms with van der Waals surface area (Å²) in [6.07, 6.45) is 2.61. The molecule has 1 heteroatoms. The molecule has 82 valence electrons.